The number of thioether (sulfide) groups is 1. The summed E-state index contributed by atoms with van der Waals surface area (Å²) in [6.07, 6.45) is 0.986. The number of para-hydroxylation sites is 2. The van der Waals surface area contributed by atoms with Crippen molar-refractivity contribution >= 4 is 17.6 Å². The maximum absolute atomic E-state index is 6.17. The van der Waals surface area contributed by atoms with Crippen molar-refractivity contribution in [1.29, 1.82) is 0 Å². The van der Waals surface area contributed by atoms with Gasteiger partial charge in [0.15, 0.2) is 0 Å². The van der Waals surface area contributed by atoms with Crippen LogP contribution in [0.3, 0.4) is 0 Å². The van der Waals surface area contributed by atoms with Gasteiger partial charge in [-0.2, -0.15) is 5.10 Å². The Hall–Kier alpha value is -3.18. The molecule has 1 unspecified atom stereocenters. The minimum Gasteiger partial charge on any atom is -0.493 e. The van der Waals surface area contributed by atoms with E-state index in [4.69, 9.17) is 9.84 Å². The van der Waals surface area contributed by atoms with Crippen LogP contribution in [-0.2, 0) is 0 Å². The van der Waals surface area contributed by atoms with Crippen LogP contribution in [0.5, 0.6) is 5.75 Å². The number of hydrogen-bond donors (Lipinski definition) is 1. The molecule has 1 aliphatic rings. The number of fused-ring (bicyclic) bond motifs is 1. The molecule has 5 rings (SSSR count). The van der Waals surface area contributed by atoms with Crippen molar-refractivity contribution in [1.82, 2.24) is 9.78 Å². The van der Waals surface area contributed by atoms with Crippen molar-refractivity contribution in [3.05, 3.63) is 96.1 Å². The van der Waals surface area contributed by atoms with E-state index < -0.39 is 0 Å². The zero-order valence-corrected chi connectivity index (χ0v) is 19.0. The van der Waals surface area contributed by atoms with E-state index in [2.05, 4.69) is 95.8 Å². The molecule has 162 valence electrons. The molecule has 0 amide bonds. The SMILES string of the molecule is CCCOc1ccccc1C1SCCNc2c1c(-c1ccccc1)nn2-c1ccccc1. The molecule has 0 aliphatic carbocycles. The second-order valence-corrected chi connectivity index (χ2v) is 9.00. The molecular weight excluding hydrogens is 414 g/mol. The van der Waals surface area contributed by atoms with Gasteiger partial charge in [0, 0.05) is 29.0 Å². The van der Waals surface area contributed by atoms with E-state index in [0.29, 0.717) is 6.61 Å². The van der Waals surface area contributed by atoms with Gasteiger partial charge in [0.2, 0.25) is 0 Å². The predicted octanol–water partition coefficient (Wildman–Crippen LogP) is 6.58. The fraction of sp³-hybridized carbons (Fsp3) is 0.222. The Balaban J connectivity index is 1.73. The van der Waals surface area contributed by atoms with Gasteiger partial charge in [-0.05, 0) is 24.6 Å². The number of rotatable bonds is 6. The molecule has 3 aromatic carbocycles. The van der Waals surface area contributed by atoms with Gasteiger partial charge in [0.05, 0.1) is 23.2 Å². The number of benzene rings is 3. The maximum Gasteiger partial charge on any atom is 0.135 e. The minimum atomic E-state index is 0.126. The number of hydrogen-bond acceptors (Lipinski definition) is 4. The van der Waals surface area contributed by atoms with Gasteiger partial charge in [-0.3, -0.25) is 0 Å². The third kappa shape index (κ3) is 4.00. The molecule has 1 aromatic heterocycles. The van der Waals surface area contributed by atoms with Crippen LogP contribution in [0.1, 0.15) is 29.7 Å². The highest BCUT2D eigenvalue weighted by Crippen LogP contribution is 2.48. The summed E-state index contributed by atoms with van der Waals surface area (Å²) in [5, 5.41) is 8.95. The second kappa shape index (κ2) is 9.53. The lowest BCUT2D eigenvalue weighted by atomic mass is 9.99. The summed E-state index contributed by atoms with van der Waals surface area (Å²) in [4.78, 5) is 0. The summed E-state index contributed by atoms with van der Waals surface area (Å²) < 4.78 is 8.23. The van der Waals surface area contributed by atoms with Gasteiger partial charge in [0.1, 0.15) is 11.6 Å². The zero-order chi connectivity index (χ0) is 21.8. The smallest absolute Gasteiger partial charge is 0.135 e. The monoisotopic (exact) mass is 441 g/mol. The van der Waals surface area contributed by atoms with Crippen LogP contribution in [-0.4, -0.2) is 28.7 Å². The van der Waals surface area contributed by atoms with Crippen molar-refractivity contribution < 1.29 is 4.74 Å². The van der Waals surface area contributed by atoms with Crippen LogP contribution < -0.4 is 10.1 Å². The van der Waals surface area contributed by atoms with E-state index >= 15 is 0 Å². The van der Waals surface area contributed by atoms with Crippen molar-refractivity contribution in [2.45, 2.75) is 18.6 Å². The van der Waals surface area contributed by atoms with Gasteiger partial charge in [-0.1, -0.05) is 73.7 Å². The minimum absolute atomic E-state index is 0.126. The van der Waals surface area contributed by atoms with Crippen LogP contribution in [0, 0.1) is 0 Å². The van der Waals surface area contributed by atoms with E-state index in [0.717, 1.165) is 47.2 Å². The average Bonchev–Trinajstić information content (AvgIpc) is 3.10. The van der Waals surface area contributed by atoms with Crippen molar-refractivity contribution in [3.63, 3.8) is 0 Å². The third-order valence-corrected chi connectivity index (χ3v) is 6.84. The average molecular weight is 442 g/mol. The Morgan fingerprint density at radius 3 is 2.47 bits per heavy atom. The molecule has 0 bridgehead atoms. The molecule has 1 N–H and O–H groups in total. The Labute approximate surface area is 193 Å². The Bertz CT molecular complexity index is 1170. The van der Waals surface area contributed by atoms with E-state index in [-0.39, 0.29) is 5.25 Å². The summed E-state index contributed by atoms with van der Waals surface area (Å²) >= 11 is 1.95. The highest BCUT2D eigenvalue weighted by atomic mass is 32.2. The molecule has 4 aromatic rings. The second-order valence-electron chi connectivity index (χ2n) is 7.79. The van der Waals surface area contributed by atoms with Crippen LogP contribution in [0.4, 0.5) is 5.82 Å². The summed E-state index contributed by atoms with van der Waals surface area (Å²) in [7, 11) is 0. The molecule has 32 heavy (non-hydrogen) atoms. The first kappa shape index (κ1) is 20.7. The molecular formula is C27H27N3OS. The topological polar surface area (TPSA) is 39.1 Å². The van der Waals surface area contributed by atoms with Crippen molar-refractivity contribution in [3.8, 4) is 22.7 Å². The molecule has 0 saturated heterocycles. The normalized spacial score (nSPS) is 15.5. The largest absolute Gasteiger partial charge is 0.493 e. The van der Waals surface area contributed by atoms with Crippen LogP contribution in [0.25, 0.3) is 16.9 Å². The molecule has 1 aliphatic heterocycles. The van der Waals surface area contributed by atoms with Crippen LogP contribution >= 0.6 is 11.8 Å². The highest BCUT2D eigenvalue weighted by Gasteiger charge is 2.31. The summed E-state index contributed by atoms with van der Waals surface area (Å²) in [6.45, 7) is 3.75. The summed E-state index contributed by atoms with van der Waals surface area (Å²) in [5.41, 5.74) is 5.62. The Kier molecular flexibility index (Phi) is 6.17. The lowest BCUT2D eigenvalue weighted by Gasteiger charge is -2.20. The molecule has 2 heterocycles. The number of nitrogens with zero attached hydrogens (tertiary/aromatic N) is 2. The van der Waals surface area contributed by atoms with Gasteiger partial charge in [-0.25, -0.2) is 4.68 Å². The summed E-state index contributed by atoms with van der Waals surface area (Å²) in [5.74, 6) is 3.03. The fourth-order valence-electron chi connectivity index (χ4n) is 4.13. The molecule has 0 spiro atoms. The first-order chi connectivity index (χ1) is 15.9. The maximum atomic E-state index is 6.17. The van der Waals surface area contributed by atoms with Crippen LogP contribution in [0.2, 0.25) is 0 Å². The zero-order valence-electron chi connectivity index (χ0n) is 18.2. The van der Waals surface area contributed by atoms with Gasteiger partial charge in [0.25, 0.3) is 0 Å². The molecule has 0 saturated carbocycles. The molecule has 4 nitrogen and oxygen atoms in total. The van der Waals surface area contributed by atoms with E-state index in [1.165, 1.54) is 11.1 Å². The number of aromatic nitrogens is 2. The lowest BCUT2D eigenvalue weighted by Crippen LogP contribution is -2.08. The van der Waals surface area contributed by atoms with E-state index in [9.17, 15) is 0 Å². The molecule has 0 radical (unpaired) electrons. The van der Waals surface area contributed by atoms with Crippen LogP contribution in [0.15, 0.2) is 84.9 Å². The fourth-order valence-corrected chi connectivity index (χ4v) is 5.35. The first-order valence-electron chi connectivity index (χ1n) is 11.2. The van der Waals surface area contributed by atoms with Gasteiger partial charge in [-0.15, -0.1) is 11.8 Å². The molecule has 0 fully saturated rings. The van der Waals surface area contributed by atoms with Gasteiger partial charge < -0.3 is 10.1 Å². The van der Waals surface area contributed by atoms with E-state index in [1.807, 2.05) is 17.8 Å². The quantitative estimate of drug-likeness (QED) is 0.367. The van der Waals surface area contributed by atoms with E-state index in [1.54, 1.807) is 0 Å². The highest BCUT2D eigenvalue weighted by molar-refractivity contribution is 7.99. The van der Waals surface area contributed by atoms with Crippen molar-refractivity contribution in [2.75, 3.05) is 24.2 Å². The number of nitrogens with one attached hydrogen (secondary N) is 1. The molecule has 5 heteroatoms. The Morgan fingerprint density at radius 2 is 1.69 bits per heavy atom. The Morgan fingerprint density at radius 1 is 0.969 bits per heavy atom. The molecule has 1 atom stereocenters. The lowest BCUT2D eigenvalue weighted by molar-refractivity contribution is 0.314. The summed E-state index contributed by atoms with van der Waals surface area (Å²) in [6, 6.07) is 29.3. The third-order valence-electron chi connectivity index (χ3n) is 5.57. The predicted molar refractivity (Wildman–Crippen MR) is 134 cm³/mol. The van der Waals surface area contributed by atoms with Crippen molar-refractivity contribution in [2.24, 2.45) is 0 Å². The standard InChI is InChI=1S/C27H27N3OS/c1-2-18-31-23-16-10-9-15-22(23)26-24-25(20-11-5-3-6-12-20)29-30(21-13-7-4-8-14-21)27(24)28-17-19-32-26/h3-16,26,28H,2,17-19H2,1H3. The number of ether oxygens (including phenoxy) is 1. The number of anilines is 1. The first-order valence-corrected chi connectivity index (χ1v) is 12.2. The van der Waals surface area contributed by atoms with Gasteiger partial charge >= 0.3 is 0 Å².